The van der Waals surface area contributed by atoms with Gasteiger partial charge in [0.1, 0.15) is 5.57 Å². The summed E-state index contributed by atoms with van der Waals surface area (Å²) in [6.45, 7) is 6.07. The van der Waals surface area contributed by atoms with Crippen molar-refractivity contribution in [2.45, 2.75) is 52.5 Å². The predicted octanol–water partition coefficient (Wildman–Crippen LogP) is 4.36. The van der Waals surface area contributed by atoms with Crippen LogP contribution >= 0.6 is 12.2 Å². The number of rotatable bonds is 3. The van der Waals surface area contributed by atoms with E-state index in [0.717, 1.165) is 22.5 Å². The van der Waals surface area contributed by atoms with Gasteiger partial charge in [0, 0.05) is 17.4 Å². The molecule has 1 aromatic carbocycles. The van der Waals surface area contributed by atoms with Crippen molar-refractivity contribution < 1.29 is 9.59 Å². The number of amides is 2. The van der Waals surface area contributed by atoms with Crippen LogP contribution in [0.1, 0.15) is 54.2 Å². The van der Waals surface area contributed by atoms with Crippen molar-refractivity contribution in [1.29, 1.82) is 0 Å². The Kier molecular flexibility index (Phi) is 5.13. The van der Waals surface area contributed by atoms with Gasteiger partial charge in [0.25, 0.3) is 11.8 Å². The fourth-order valence-electron chi connectivity index (χ4n) is 4.52. The average Bonchev–Trinajstić information content (AvgIpc) is 3.28. The van der Waals surface area contributed by atoms with E-state index in [2.05, 4.69) is 29.8 Å². The maximum absolute atomic E-state index is 13.3. The van der Waals surface area contributed by atoms with Gasteiger partial charge in [-0.1, -0.05) is 31.0 Å². The Labute approximate surface area is 176 Å². The summed E-state index contributed by atoms with van der Waals surface area (Å²) in [5, 5.41) is 2.79. The molecule has 1 saturated heterocycles. The first-order chi connectivity index (χ1) is 13.9. The molecule has 2 aromatic rings. The summed E-state index contributed by atoms with van der Waals surface area (Å²) in [7, 11) is 0. The second kappa shape index (κ2) is 7.59. The number of carbonyl (C=O) groups is 2. The third-order valence-electron chi connectivity index (χ3n) is 5.97. The lowest BCUT2D eigenvalue weighted by Gasteiger charge is -2.30. The number of hydrogen-bond donors (Lipinski definition) is 1. The number of nitrogens with zero attached hydrogens (tertiary/aromatic N) is 2. The molecular formula is C23H25N3O2S. The average molecular weight is 408 g/mol. The minimum absolute atomic E-state index is 0.105. The standard InChI is InChI=1S/C23H25N3O2S/c1-14-8-4-7-11-20(14)26-22(28)19(21(27)24-23(26)29)13-17-12-15(2)25(16(17)3)18-9-5-6-10-18/h4,7-8,11-13,18H,5-6,9-10H2,1-3H3,(H,24,27,29)/b19-13+. The number of hydrogen-bond acceptors (Lipinski definition) is 3. The summed E-state index contributed by atoms with van der Waals surface area (Å²) in [5.41, 5.74) is 4.87. The van der Waals surface area contributed by atoms with Gasteiger partial charge in [-0.25, -0.2) is 0 Å². The highest BCUT2D eigenvalue weighted by Gasteiger charge is 2.35. The summed E-state index contributed by atoms with van der Waals surface area (Å²) >= 11 is 5.31. The predicted molar refractivity (Wildman–Crippen MR) is 119 cm³/mol. The van der Waals surface area contributed by atoms with Crippen LogP contribution in [0.25, 0.3) is 6.08 Å². The van der Waals surface area contributed by atoms with Gasteiger partial charge in [-0.15, -0.1) is 0 Å². The molecule has 1 aliphatic heterocycles. The molecule has 0 unspecified atom stereocenters. The topological polar surface area (TPSA) is 54.3 Å². The van der Waals surface area contributed by atoms with Gasteiger partial charge >= 0.3 is 0 Å². The van der Waals surface area contributed by atoms with E-state index in [0.29, 0.717) is 11.7 Å². The normalized spacial score (nSPS) is 19.3. The lowest BCUT2D eigenvalue weighted by Crippen LogP contribution is -2.54. The highest BCUT2D eigenvalue weighted by Crippen LogP contribution is 2.34. The molecule has 1 aliphatic carbocycles. The van der Waals surface area contributed by atoms with E-state index in [1.165, 1.54) is 30.6 Å². The number of anilines is 1. The van der Waals surface area contributed by atoms with Crippen LogP contribution < -0.4 is 10.2 Å². The maximum atomic E-state index is 13.3. The molecule has 4 rings (SSSR count). The summed E-state index contributed by atoms with van der Waals surface area (Å²) in [6.07, 6.45) is 6.57. The van der Waals surface area contributed by atoms with Crippen molar-refractivity contribution in [3.05, 3.63) is 58.4 Å². The van der Waals surface area contributed by atoms with Crippen LogP contribution in [0.15, 0.2) is 35.9 Å². The van der Waals surface area contributed by atoms with Gasteiger partial charge in [-0.3, -0.25) is 19.8 Å². The third-order valence-corrected chi connectivity index (χ3v) is 6.26. The monoisotopic (exact) mass is 407 g/mol. The van der Waals surface area contributed by atoms with Gasteiger partial charge in [0.15, 0.2) is 5.11 Å². The van der Waals surface area contributed by atoms with Crippen molar-refractivity contribution in [3.8, 4) is 0 Å². The van der Waals surface area contributed by atoms with Crippen molar-refractivity contribution in [2.75, 3.05) is 4.90 Å². The zero-order chi connectivity index (χ0) is 20.7. The van der Waals surface area contributed by atoms with Crippen LogP contribution in [0.3, 0.4) is 0 Å². The van der Waals surface area contributed by atoms with Gasteiger partial charge in [0.2, 0.25) is 0 Å². The van der Waals surface area contributed by atoms with Crippen molar-refractivity contribution in [2.24, 2.45) is 0 Å². The van der Waals surface area contributed by atoms with Crippen LogP contribution in [0.2, 0.25) is 0 Å². The summed E-state index contributed by atoms with van der Waals surface area (Å²) in [4.78, 5) is 27.3. The van der Waals surface area contributed by atoms with E-state index in [1.54, 1.807) is 6.08 Å². The minimum Gasteiger partial charge on any atom is -0.346 e. The Hall–Kier alpha value is -2.73. The Morgan fingerprint density at radius 2 is 1.79 bits per heavy atom. The largest absolute Gasteiger partial charge is 0.346 e. The molecule has 2 amide bonds. The molecule has 2 fully saturated rings. The number of aryl methyl sites for hydroxylation is 2. The fraction of sp³-hybridized carbons (Fsp3) is 0.348. The maximum Gasteiger partial charge on any atom is 0.270 e. The quantitative estimate of drug-likeness (QED) is 0.467. The zero-order valence-corrected chi connectivity index (χ0v) is 17.8. The molecule has 1 N–H and O–H groups in total. The van der Waals surface area contributed by atoms with Gasteiger partial charge in [-0.05, 0) is 75.2 Å². The first-order valence-electron chi connectivity index (χ1n) is 10.0. The first kappa shape index (κ1) is 19.6. The highest BCUT2D eigenvalue weighted by atomic mass is 32.1. The lowest BCUT2D eigenvalue weighted by molar-refractivity contribution is -0.122. The van der Waals surface area contributed by atoms with Crippen LogP contribution in [0.4, 0.5) is 5.69 Å². The second-order valence-electron chi connectivity index (χ2n) is 7.88. The molecule has 2 aliphatic rings. The van der Waals surface area contributed by atoms with E-state index in [1.807, 2.05) is 31.2 Å². The lowest BCUT2D eigenvalue weighted by atomic mass is 10.1. The fourth-order valence-corrected chi connectivity index (χ4v) is 4.79. The zero-order valence-electron chi connectivity index (χ0n) is 17.0. The second-order valence-corrected chi connectivity index (χ2v) is 8.27. The number of para-hydroxylation sites is 1. The number of nitrogens with one attached hydrogen (secondary N) is 1. The molecule has 150 valence electrons. The first-order valence-corrected chi connectivity index (χ1v) is 10.4. The molecule has 2 heterocycles. The number of carbonyl (C=O) groups excluding carboxylic acids is 2. The molecule has 29 heavy (non-hydrogen) atoms. The number of aromatic nitrogens is 1. The SMILES string of the molecule is Cc1ccccc1N1C(=O)/C(=C/c2cc(C)n(C3CCCC3)c2C)C(=O)NC1=S. The van der Waals surface area contributed by atoms with E-state index >= 15 is 0 Å². The molecule has 5 nitrogen and oxygen atoms in total. The number of thiocarbonyl (C=S) groups is 1. The van der Waals surface area contributed by atoms with Gasteiger partial charge in [0.05, 0.1) is 5.69 Å². The van der Waals surface area contributed by atoms with E-state index < -0.39 is 11.8 Å². The summed E-state index contributed by atoms with van der Waals surface area (Å²) < 4.78 is 2.36. The minimum atomic E-state index is -0.449. The molecule has 6 heteroatoms. The third kappa shape index (κ3) is 3.42. The van der Waals surface area contributed by atoms with Crippen LogP contribution in [0.5, 0.6) is 0 Å². The summed E-state index contributed by atoms with van der Waals surface area (Å²) in [6, 6.07) is 10.1. The summed E-state index contributed by atoms with van der Waals surface area (Å²) in [5.74, 6) is -0.839. The van der Waals surface area contributed by atoms with E-state index in [4.69, 9.17) is 12.2 Å². The molecule has 0 atom stereocenters. The molecule has 0 bridgehead atoms. The van der Waals surface area contributed by atoms with Gasteiger partial charge in [-0.2, -0.15) is 0 Å². The molecule has 1 aromatic heterocycles. The molecule has 1 saturated carbocycles. The van der Waals surface area contributed by atoms with Crippen LogP contribution in [-0.4, -0.2) is 21.5 Å². The Morgan fingerprint density at radius 3 is 2.48 bits per heavy atom. The van der Waals surface area contributed by atoms with Gasteiger partial charge < -0.3 is 4.57 Å². The van der Waals surface area contributed by atoms with Crippen molar-refractivity contribution in [1.82, 2.24) is 9.88 Å². The Bertz CT molecular complexity index is 1040. The molecular weight excluding hydrogens is 382 g/mol. The Morgan fingerprint density at radius 1 is 1.10 bits per heavy atom. The molecule has 0 spiro atoms. The van der Waals surface area contributed by atoms with E-state index in [-0.39, 0.29) is 10.7 Å². The van der Waals surface area contributed by atoms with E-state index in [9.17, 15) is 9.59 Å². The molecule has 0 radical (unpaired) electrons. The Balaban J connectivity index is 1.74. The van der Waals surface area contributed by atoms with Crippen LogP contribution in [-0.2, 0) is 9.59 Å². The number of benzene rings is 1. The smallest absolute Gasteiger partial charge is 0.270 e. The van der Waals surface area contributed by atoms with Crippen molar-refractivity contribution in [3.63, 3.8) is 0 Å². The van der Waals surface area contributed by atoms with Crippen molar-refractivity contribution >= 4 is 40.9 Å². The van der Waals surface area contributed by atoms with Crippen LogP contribution in [0, 0.1) is 20.8 Å². The highest BCUT2D eigenvalue weighted by molar-refractivity contribution is 7.80.